The normalized spacial score (nSPS) is 15.0. The number of nitrogens with one attached hydrogen (secondary N) is 1. The number of amides is 2. The van der Waals surface area contributed by atoms with Crippen molar-refractivity contribution < 1.29 is 14.3 Å². The van der Waals surface area contributed by atoms with Gasteiger partial charge in [0.2, 0.25) is 5.91 Å². The van der Waals surface area contributed by atoms with E-state index in [-0.39, 0.29) is 24.5 Å². The second kappa shape index (κ2) is 9.60. The molecule has 1 saturated heterocycles. The maximum absolute atomic E-state index is 12.2. The molecule has 1 aromatic rings. The Hall–Kier alpha value is -2.04. The standard InChI is InChI=1S/C21H32N2O3/c1-5-6-7-20(25)23-12-10-18(11-13-23)22-19(24)14-26-21-16(3)9-8-15(2)17(21)4/h8-9,18H,5-7,10-14H2,1-4H3,(H,22,24). The smallest absolute Gasteiger partial charge is 0.258 e. The predicted molar refractivity (Wildman–Crippen MR) is 103 cm³/mol. The van der Waals surface area contributed by atoms with Crippen LogP contribution >= 0.6 is 0 Å². The van der Waals surface area contributed by atoms with E-state index in [1.165, 1.54) is 0 Å². The molecule has 2 amide bonds. The fraction of sp³-hybridized carbons (Fsp3) is 0.619. The first-order chi connectivity index (χ1) is 12.4. The monoisotopic (exact) mass is 360 g/mol. The molecule has 1 aromatic carbocycles. The van der Waals surface area contributed by atoms with Crippen LogP contribution in [-0.2, 0) is 9.59 Å². The van der Waals surface area contributed by atoms with Crippen molar-refractivity contribution in [3.05, 3.63) is 28.8 Å². The molecule has 0 aromatic heterocycles. The van der Waals surface area contributed by atoms with Crippen molar-refractivity contribution in [1.82, 2.24) is 10.2 Å². The Labute approximate surface area is 157 Å². The molecule has 0 spiro atoms. The van der Waals surface area contributed by atoms with Gasteiger partial charge in [-0.05, 0) is 56.7 Å². The molecule has 0 saturated carbocycles. The fourth-order valence-corrected chi connectivity index (χ4v) is 3.31. The molecule has 1 aliphatic rings. The van der Waals surface area contributed by atoms with E-state index in [0.29, 0.717) is 6.42 Å². The average Bonchev–Trinajstić information content (AvgIpc) is 2.63. The van der Waals surface area contributed by atoms with Gasteiger partial charge in [0.1, 0.15) is 5.75 Å². The van der Waals surface area contributed by atoms with Gasteiger partial charge >= 0.3 is 0 Å². The summed E-state index contributed by atoms with van der Waals surface area (Å²) in [4.78, 5) is 26.2. The van der Waals surface area contributed by atoms with Gasteiger partial charge in [0.05, 0.1) is 0 Å². The van der Waals surface area contributed by atoms with E-state index >= 15 is 0 Å². The van der Waals surface area contributed by atoms with Crippen LogP contribution in [0, 0.1) is 20.8 Å². The number of rotatable bonds is 7. The molecule has 0 unspecified atom stereocenters. The summed E-state index contributed by atoms with van der Waals surface area (Å²) in [7, 11) is 0. The van der Waals surface area contributed by atoms with Crippen LogP contribution < -0.4 is 10.1 Å². The van der Waals surface area contributed by atoms with E-state index in [2.05, 4.69) is 18.3 Å². The van der Waals surface area contributed by atoms with Gasteiger partial charge in [0.15, 0.2) is 6.61 Å². The van der Waals surface area contributed by atoms with Gasteiger partial charge in [-0.2, -0.15) is 0 Å². The van der Waals surface area contributed by atoms with Crippen molar-refractivity contribution in [3.63, 3.8) is 0 Å². The zero-order valence-corrected chi connectivity index (χ0v) is 16.6. The number of likely N-dealkylation sites (tertiary alicyclic amines) is 1. The highest BCUT2D eigenvalue weighted by Gasteiger charge is 2.23. The van der Waals surface area contributed by atoms with Crippen LogP contribution in [0.4, 0.5) is 0 Å². The van der Waals surface area contributed by atoms with Crippen LogP contribution in [-0.4, -0.2) is 42.5 Å². The lowest BCUT2D eigenvalue weighted by Gasteiger charge is -2.32. The summed E-state index contributed by atoms with van der Waals surface area (Å²) < 4.78 is 5.78. The second-order valence-electron chi connectivity index (χ2n) is 7.27. The number of aryl methyl sites for hydroxylation is 2. The SMILES string of the molecule is CCCCC(=O)N1CCC(NC(=O)COc2c(C)ccc(C)c2C)CC1. The number of carbonyl (C=O) groups is 2. The topological polar surface area (TPSA) is 58.6 Å². The third kappa shape index (κ3) is 5.48. The zero-order valence-electron chi connectivity index (χ0n) is 16.6. The maximum atomic E-state index is 12.2. The molecule has 0 aliphatic carbocycles. The number of ether oxygens (including phenoxy) is 1. The summed E-state index contributed by atoms with van der Waals surface area (Å²) in [6, 6.07) is 4.20. The van der Waals surface area contributed by atoms with Gasteiger partial charge < -0.3 is 15.0 Å². The van der Waals surface area contributed by atoms with Crippen LogP contribution in [0.3, 0.4) is 0 Å². The van der Waals surface area contributed by atoms with Crippen molar-refractivity contribution >= 4 is 11.8 Å². The summed E-state index contributed by atoms with van der Waals surface area (Å²) in [6.45, 7) is 9.62. The first-order valence-corrected chi connectivity index (χ1v) is 9.69. The first-order valence-electron chi connectivity index (χ1n) is 9.69. The largest absolute Gasteiger partial charge is 0.483 e. The molecule has 144 valence electrons. The third-order valence-corrected chi connectivity index (χ3v) is 5.18. The molecule has 5 nitrogen and oxygen atoms in total. The lowest BCUT2D eigenvalue weighted by molar-refractivity contribution is -0.132. The number of unbranched alkanes of at least 4 members (excludes halogenated alkanes) is 1. The zero-order chi connectivity index (χ0) is 19.1. The Morgan fingerprint density at radius 2 is 1.81 bits per heavy atom. The number of nitrogens with zero attached hydrogens (tertiary/aromatic N) is 1. The highest BCUT2D eigenvalue weighted by Crippen LogP contribution is 2.25. The Balaban J connectivity index is 1.76. The van der Waals surface area contributed by atoms with Gasteiger partial charge in [-0.25, -0.2) is 0 Å². The maximum Gasteiger partial charge on any atom is 0.258 e. The van der Waals surface area contributed by atoms with E-state index in [4.69, 9.17) is 4.74 Å². The molecular weight excluding hydrogens is 328 g/mol. The van der Waals surface area contributed by atoms with Crippen molar-refractivity contribution in [1.29, 1.82) is 0 Å². The molecule has 0 atom stereocenters. The molecule has 2 rings (SSSR count). The quantitative estimate of drug-likeness (QED) is 0.812. The minimum absolute atomic E-state index is 0.0285. The molecule has 0 bridgehead atoms. The summed E-state index contributed by atoms with van der Waals surface area (Å²) in [5.74, 6) is 0.947. The number of carbonyl (C=O) groups excluding carboxylic acids is 2. The number of hydrogen-bond donors (Lipinski definition) is 1. The molecule has 1 heterocycles. The first kappa shape index (κ1) is 20.3. The van der Waals surface area contributed by atoms with Gasteiger partial charge in [-0.3, -0.25) is 9.59 Å². The third-order valence-electron chi connectivity index (χ3n) is 5.18. The van der Waals surface area contributed by atoms with Crippen molar-refractivity contribution in [2.75, 3.05) is 19.7 Å². The van der Waals surface area contributed by atoms with Gasteiger partial charge in [0.25, 0.3) is 5.91 Å². The summed E-state index contributed by atoms with van der Waals surface area (Å²) >= 11 is 0. The van der Waals surface area contributed by atoms with Gasteiger partial charge in [0, 0.05) is 25.6 Å². The average molecular weight is 360 g/mol. The molecule has 1 N–H and O–H groups in total. The van der Waals surface area contributed by atoms with Crippen molar-refractivity contribution in [2.24, 2.45) is 0 Å². The Bertz CT molecular complexity index is 634. The Morgan fingerprint density at radius 3 is 2.46 bits per heavy atom. The minimum Gasteiger partial charge on any atom is -0.483 e. The Morgan fingerprint density at radius 1 is 1.15 bits per heavy atom. The van der Waals surface area contributed by atoms with E-state index in [0.717, 1.165) is 61.2 Å². The molecule has 5 heteroatoms. The summed E-state index contributed by atoms with van der Waals surface area (Å²) in [5.41, 5.74) is 3.28. The highest BCUT2D eigenvalue weighted by atomic mass is 16.5. The van der Waals surface area contributed by atoms with Crippen molar-refractivity contribution in [2.45, 2.75) is 65.8 Å². The van der Waals surface area contributed by atoms with Crippen LogP contribution in [0.1, 0.15) is 55.7 Å². The number of hydrogen-bond acceptors (Lipinski definition) is 3. The summed E-state index contributed by atoms with van der Waals surface area (Å²) in [5, 5.41) is 3.04. The van der Waals surface area contributed by atoms with E-state index in [9.17, 15) is 9.59 Å². The lowest BCUT2D eigenvalue weighted by atomic mass is 10.0. The van der Waals surface area contributed by atoms with E-state index in [1.54, 1.807) is 0 Å². The Kier molecular flexibility index (Phi) is 7.49. The van der Waals surface area contributed by atoms with E-state index in [1.807, 2.05) is 31.7 Å². The molecular formula is C21H32N2O3. The molecule has 1 fully saturated rings. The van der Waals surface area contributed by atoms with Crippen molar-refractivity contribution in [3.8, 4) is 5.75 Å². The van der Waals surface area contributed by atoms with E-state index < -0.39 is 0 Å². The van der Waals surface area contributed by atoms with Crippen LogP contribution in [0.25, 0.3) is 0 Å². The lowest BCUT2D eigenvalue weighted by Crippen LogP contribution is -2.47. The number of piperidine rings is 1. The van der Waals surface area contributed by atoms with Crippen LogP contribution in [0.15, 0.2) is 12.1 Å². The number of benzene rings is 1. The molecule has 0 radical (unpaired) electrons. The highest BCUT2D eigenvalue weighted by molar-refractivity contribution is 5.78. The summed E-state index contributed by atoms with van der Waals surface area (Å²) in [6.07, 6.45) is 4.25. The van der Waals surface area contributed by atoms with Crippen LogP contribution in [0.2, 0.25) is 0 Å². The van der Waals surface area contributed by atoms with Gasteiger partial charge in [-0.1, -0.05) is 25.5 Å². The van der Waals surface area contributed by atoms with Crippen LogP contribution in [0.5, 0.6) is 5.75 Å². The minimum atomic E-state index is -0.0962. The predicted octanol–water partition coefficient (Wildman–Crippen LogP) is 3.29. The fourth-order valence-electron chi connectivity index (χ4n) is 3.31. The molecule has 26 heavy (non-hydrogen) atoms. The molecule has 1 aliphatic heterocycles. The second-order valence-corrected chi connectivity index (χ2v) is 7.27. The van der Waals surface area contributed by atoms with Gasteiger partial charge in [-0.15, -0.1) is 0 Å².